The SMILES string of the molecule is C/C1=C\CCC(C)C(O)[C@@H](OC(=O)O)[C@H](CCN(C)C)CC1. The van der Waals surface area contributed by atoms with Gasteiger partial charge in [0, 0.05) is 5.92 Å². The van der Waals surface area contributed by atoms with Crippen molar-refractivity contribution >= 4 is 6.16 Å². The van der Waals surface area contributed by atoms with E-state index in [1.165, 1.54) is 5.57 Å². The van der Waals surface area contributed by atoms with Crippen LogP contribution in [0.15, 0.2) is 11.6 Å². The molecule has 1 aliphatic rings. The molecule has 5 nitrogen and oxygen atoms in total. The summed E-state index contributed by atoms with van der Waals surface area (Å²) in [5, 5.41) is 19.6. The lowest BCUT2D eigenvalue weighted by atomic mass is 9.82. The third-order valence-electron chi connectivity index (χ3n) is 4.59. The number of hydrogen-bond acceptors (Lipinski definition) is 4. The molecule has 0 aromatic carbocycles. The van der Waals surface area contributed by atoms with Crippen LogP contribution in [0.3, 0.4) is 0 Å². The number of nitrogens with zero attached hydrogens (tertiary/aromatic N) is 1. The maximum atomic E-state index is 11.1. The van der Waals surface area contributed by atoms with Crippen molar-refractivity contribution in [2.24, 2.45) is 11.8 Å². The van der Waals surface area contributed by atoms with Crippen LogP contribution in [0, 0.1) is 11.8 Å². The average Bonchev–Trinajstić information content (AvgIpc) is 2.43. The zero-order valence-electron chi connectivity index (χ0n) is 14.3. The molecule has 0 heterocycles. The Morgan fingerprint density at radius 3 is 2.68 bits per heavy atom. The van der Waals surface area contributed by atoms with E-state index in [9.17, 15) is 9.90 Å². The maximum Gasteiger partial charge on any atom is 0.506 e. The molecule has 5 heteroatoms. The van der Waals surface area contributed by atoms with Gasteiger partial charge in [0.1, 0.15) is 6.10 Å². The van der Waals surface area contributed by atoms with E-state index in [1.807, 2.05) is 21.0 Å². The van der Waals surface area contributed by atoms with Crippen molar-refractivity contribution in [3.63, 3.8) is 0 Å². The van der Waals surface area contributed by atoms with Gasteiger partial charge < -0.3 is 19.8 Å². The van der Waals surface area contributed by atoms with Gasteiger partial charge in [-0.05, 0) is 65.6 Å². The number of aliphatic hydroxyl groups excluding tert-OH is 1. The summed E-state index contributed by atoms with van der Waals surface area (Å²) in [4.78, 5) is 13.1. The summed E-state index contributed by atoms with van der Waals surface area (Å²) < 4.78 is 5.11. The lowest BCUT2D eigenvalue weighted by Gasteiger charge is -2.34. The highest BCUT2D eigenvalue weighted by atomic mass is 16.7. The van der Waals surface area contributed by atoms with Crippen LogP contribution < -0.4 is 0 Å². The Kier molecular flexibility index (Phi) is 7.90. The molecule has 22 heavy (non-hydrogen) atoms. The highest BCUT2D eigenvalue weighted by molar-refractivity contribution is 5.57. The normalized spacial score (nSPS) is 33.1. The van der Waals surface area contributed by atoms with E-state index in [1.54, 1.807) is 0 Å². The van der Waals surface area contributed by atoms with Crippen molar-refractivity contribution in [1.29, 1.82) is 0 Å². The van der Waals surface area contributed by atoms with Crippen LogP contribution in [-0.4, -0.2) is 54.1 Å². The minimum Gasteiger partial charge on any atom is -0.450 e. The maximum absolute atomic E-state index is 11.1. The fraction of sp³-hybridized carbons (Fsp3) is 0.824. The van der Waals surface area contributed by atoms with Gasteiger partial charge in [-0.25, -0.2) is 4.79 Å². The lowest BCUT2D eigenvalue weighted by molar-refractivity contribution is -0.0716. The van der Waals surface area contributed by atoms with Crippen LogP contribution in [0.2, 0.25) is 0 Å². The Balaban J connectivity index is 2.95. The number of rotatable bonds is 4. The standard InChI is InChI=1S/C17H31NO4/c1-12-6-5-7-13(2)15(19)16(22-17(20)21)14(9-8-12)10-11-18(3)4/h6,13-16,19H,5,7-11H2,1-4H3,(H,20,21)/b12-6+/t13?,14-,15?,16-/m0/s1. The first-order valence-corrected chi connectivity index (χ1v) is 8.19. The topological polar surface area (TPSA) is 70.0 Å². The van der Waals surface area contributed by atoms with Crippen LogP contribution in [-0.2, 0) is 4.74 Å². The molecule has 0 saturated heterocycles. The summed E-state index contributed by atoms with van der Waals surface area (Å²) in [5.74, 6) is 0.0609. The van der Waals surface area contributed by atoms with Gasteiger partial charge in [0.15, 0.2) is 0 Å². The first-order chi connectivity index (χ1) is 10.3. The monoisotopic (exact) mass is 313 g/mol. The van der Waals surface area contributed by atoms with Gasteiger partial charge >= 0.3 is 6.16 Å². The Labute approximate surface area is 134 Å². The minimum absolute atomic E-state index is 0.0216. The Hall–Kier alpha value is -1.07. The fourth-order valence-corrected chi connectivity index (χ4v) is 3.06. The second kappa shape index (κ2) is 9.16. The van der Waals surface area contributed by atoms with E-state index in [-0.39, 0.29) is 11.8 Å². The quantitative estimate of drug-likeness (QED) is 0.616. The summed E-state index contributed by atoms with van der Waals surface area (Å²) in [7, 11) is 3.99. The highest BCUT2D eigenvalue weighted by Crippen LogP contribution is 2.30. The van der Waals surface area contributed by atoms with Crippen LogP contribution in [0.25, 0.3) is 0 Å². The molecule has 2 unspecified atom stereocenters. The highest BCUT2D eigenvalue weighted by Gasteiger charge is 2.35. The first-order valence-electron chi connectivity index (χ1n) is 8.19. The van der Waals surface area contributed by atoms with E-state index >= 15 is 0 Å². The molecular formula is C17H31NO4. The van der Waals surface area contributed by atoms with E-state index in [0.717, 1.165) is 38.6 Å². The van der Waals surface area contributed by atoms with Crippen LogP contribution >= 0.6 is 0 Å². The van der Waals surface area contributed by atoms with E-state index in [4.69, 9.17) is 9.84 Å². The summed E-state index contributed by atoms with van der Waals surface area (Å²) in [6.07, 6.45) is 3.93. The predicted molar refractivity (Wildman–Crippen MR) is 87.0 cm³/mol. The molecule has 1 rings (SSSR count). The second-order valence-electron chi connectivity index (χ2n) is 6.83. The van der Waals surface area contributed by atoms with Gasteiger partial charge in [0.25, 0.3) is 0 Å². The minimum atomic E-state index is -1.30. The average molecular weight is 313 g/mol. The van der Waals surface area contributed by atoms with Crippen LogP contribution in [0.5, 0.6) is 0 Å². The number of ether oxygens (including phenoxy) is 1. The van der Waals surface area contributed by atoms with Gasteiger partial charge in [-0.3, -0.25) is 0 Å². The Morgan fingerprint density at radius 2 is 2.09 bits per heavy atom. The molecule has 1 aliphatic carbocycles. The molecule has 0 fully saturated rings. The number of hydrogen-bond donors (Lipinski definition) is 2. The molecule has 2 N–H and O–H groups in total. The number of carbonyl (C=O) groups is 1. The van der Waals surface area contributed by atoms with Crippen molar-refractivity contribution in [2.75, 3.05) is 20.6 Å². The number of allylic oxidation sites excluding steroid dienone is 2. The van der Waals surface area contributed by atoms with Crippen molar-refractivity contribution < 1.29 is 19.7 Å². The number of aliphatic hydroxyl groups is 1. The largest absolute Gasteiger partial charge is 0.506 e. The van der Waals surface area contributed by atoms with Gasteiger partial charge in [-0.2, -0.15) is 0 Å². The molecule has 0 spiro atoms. The van der Waals surface area contributed by atoms with Gasteiger partial charge in [0.05, 0.1) is 6.10 Å². The summed E-state index contributed by atoms with van der Waals surface area (Å²) in [5.41, 5.74) is 1.34. The van der Waals surface area contributed by atoms with Crippen LogP contribution in [0.4, 0.5) is 4.79 Å². The zero-order valence-corrected chi connectivity index (χ0v) is 14.3. The predicted octanol–water partition coefficient (Wildman–Crippen LogP) is 3.13. The molecular weight excluding hydrogens is 282 g/mol. The van der Waals surface area contributed by atoms with Crippen LogP contribution in [0.1, 0.15) is 46.0 Å². The lowest BCUT2D eigenvalue weighted by Crippen LogP contribution is -2.42. The molecule has 0 amide bonds. The summed E-state index contributed by atoms with van der Waals surface area (Å²) in [6, 6.07) is 0. The van der Waals surface area contributed by atoms with Crippen molar-refractivity contribution in [3.8, 4) is 0 Å². The Morgan fingerprint density at radius 1 is 1.41 bits per heavy atom. The molecule has 128 valence electrons. The third kappa shape index (κ3) is 6.36. The van der Waals surface area contributed by atoms with Gasteiger partial charge in [0.2, 0.25) is 0 Å². The summed E-state index contributed by atoms with van der Waals surface area (Å²) in [6.45, 7) is 4.95. The molecule has 4 atom stereocenters. The fourth-order valence-electron chi connectivity index (χ4n) is 3.06. The molecule has 0 aromatic rings. The Bertz CT molecular complexity index is 381. The van der Waals surface area contributed by atoms with Gasteiger partial charge in [-0.15, -0.1) is 0 Å². The molecule has 0 aliphatic heterocycles. The second-order valence-corrected chi connectivity index (χ2v) is 6.83. The zero-order chi connectivity index (χ0) is 16.7. The summed E-state index contributed by atoms with van der Waals surface area (Å²) >= 11 is 0. The molecule has 0 saturated carbocycles. The van der Waals surface area contributed by atoms with E-state index in [0.29, 0.717) is 0 Å². The smallest absolute Gasteiger partial charge is 0.450 e. The molecule has 0 bridgehead atoms. The molecule has 0 radical (unpaired) electrons. The number of carboxylic acid groups (broad SMARTS) is 1. The third-order valence-corrected chi connectivity index (χ3v) is 4.59. The van der Waals surface area contributed by atoms with E-state index in [2.05, 4.69) is 17.9 Å². The van der Waals surface area contributed by atoms with Gasteiger partial charge in [-0.1, -0.05) is 18.6 Å². The van der Waals surface area contributed by atoms with Crippen molar-refractivity contribution in [2.45, 2.75) is 58.2 Å². The van der Waals surface area contributed by atoms with Crippen molar-refractivity contribution in [3.05, 3.63) is 11.6 Å². The van der Waals surface area contributed by atoms with Crippen molar-refractivity contribution in [1.82, 2.24) is 4.90 Å². The molecule has 0 aromatic heterocycles. The van der Waals surface area contributed by atoms with E-state index < -0.39 is 18.4 Å². The first kappa shape index (κ1) is 19.0.